The van der Waals surface area contributed by atoms with E-state index in [9.17, 15) is 9.70 Å². The number of carbonyl (C=O) groups excluding carboxylic acids is 1. The highest BCUT2D eigenvalue weighted by Crippen LogP contribution is 2.41. The maximum absolute atomic E-state index is 13.0. The third-order valence-corrected chi connectivity index (χ3v) is 4.33. The highest BCUT2D eigenvalue weighted by Gasteiger charge is 2.39. The van der Waals surface area contributed by atoms with Crippen LogP contribution < -0.4 is 0 Å². The molecule has 26 heavy (non-hydrogen) atoms. The summed E-state index contributed by atoms with van der Waals surface area (Å²) in [5.74, 6) is 0.0626. The zero-order chi connectivity index (χ0) is 19.8. The van der Waals surface area contributed by atoms with Gasteiger partial charge in [-0.15, -0.1) is 4.91 Å². The Balaban J connectivity index is 2.57. The van der Waals surface area contributed by atoms with E-state index in [4.69, 9.17) is 0 Å². The van der Waals surface area contributed by atoms with E-state index in [1.807, 2.05) is 60.6 Å². The fraction of sp³-hybridized carbons (Fsp3) is 0.476. The first kappa shape index (κ1) is 19.9. The summed E-state index contributed by atoms with van der Waals surface area (Å²) in [6, 6.07) is 6.80. The van der Waals surface area contributed by atoms with Crippen LogP contribution in [0.3, 0.4) is 0 Å². The molecular formula is C21H27N3O2. The first-order valence-corrected chi connectivity index (χ1v) is 8.74. The van der Waals surface area contributed by atoms with Gasteiger partial charge in [-0.3, -0.25) is 4.79 Å². The highest BCUT2D eigenvalue weighted by molar-refractivity contribution is 6.11. The lowest BCUT2D eigenvalue weighted by Crippen LogP contribution is -2.34. The normalized spacial score (nSPS) is 17.9. The summed E-state index contributed by atoms with van der Waals surface area (Å²) in [6.07, 6.45) is 3.76. The van der Waals surface area contributed by atoms with Crippen LogP contribution in [0.1, 0.15) is 48.5 Å². The van der Waals surface area contributed by atoms with E-state index in [0.29, 0.717) is 5.69 Å². The Kier molecular flexibility index (Phi) is 5.13. The van der Waals surface area contributed by atoms with Gasteiger partial charge in [-0.25, -0.2) is 0 Å². The third-order valence-electron chi connectivity index (χ3n) is 4.33. The molecule has 1 aliphatic rings. The van der Waals surface area contributed by atoms with Crippen LogP contribution in [0.25, 0.3) is 0 Å². The predicted molar refractivity (Wildman–Crippen MR) is 105 cm³/mol. The first-order valence-electron chi connectivity index (χ1n) is 8.74. The molecule has 0 saturated heterocycles. The van der Waals surface area contributed by atoms with Gasteiger partial charge in [0, 0.05) is 11.1 Å². The van der Waals surface area contributed by atoms with Crippen LogP contribution in [0, 0.1) is 15.7 Å². The number of hydrogen-bond donors (Lipinski definition) is 0. The van der Waals surface area contributed by atoms with Crippen molar-refractivity contribution < 1.29 is 4.79 Å². The van der Waals surface area contributed by atoms with Gasteiger partial charge in [0.25, 0.3) is 0 Å². The summed E-state index contributed by atoms with van der Waals surface area (Å²) >= 11 is 0. The number of Topliss-reactive ketones (excluding diaryl/α,β-unsaturated/α-hetero) is 1. The van der Waals surface area contributed by atoms with Crippen molar-refractivity contribution in [3.05, 3.63) is 52.5 Å². The maximum atomic E-state index is 13.0. The molecule has 0 amide bonds. The molecular weight excluding hydrogens is 326 g/mol. The van der Waals surface area contributed by atoms with Crippen LogP contribution in [0.15, 0.2) is 63.0 Å². The summed E-state index contributed by atoms with van der Waals surface area (Å²) < 4.78 is 0. The van der Waals surface area contributed by atoms with Crippen LogP contribution in [0.5, 0.6) is 0 Å². The van der Waals surface area contributed by atoms with Crippen LogP contribution in [-0.4, -0.2) is 11.3 Å². The Hall–Kier alpha value is -2.43. The van der Waals surface area contributed by atoms with Gasteiger partial charge >= 0.3 is 0 Å². The minimum atomic E-state index is -0.769. The first-order chi connectivity index (χ1) is 11.9. The number of rotatable bonds is 3. The largest absolute Gasteiger partial charge is 0.289 e. The van der Waals surface area contributed by atoms with Crippen molar-refractivity contribution in [3.63, 3.8) is 0 Å². The molecule has 5 heteroatoms. The molecule has 1 aromatic carbocycles. The lowest BCUT2D eigenvalue weighted by molar-refractivity contribution is -0.114. The molecule has 0 unspecified atom stereocenters. The van der Waals surface area contributed by atoms with Crippen molar-refractivity contribution in [2.24, 2.45) is 26.2 Å². The Bertz CT molecular complexity index is 784. The molecule has 0 aromatic heterocycles. The molecule has 138 valence electrons. The smallest absolute Gasteiger partial charge is 0.185 e. The molecule has 0 aliphatic heterocycles. The van der Waals surface area contributed by atoms with Gasteiger partial charge in [0.1, 0.15) is 16.9 Å². The molecule has 0 fully saturated rings. The zero-order valence-corrected chi connectivity index (χ0v) is 16.6. The Morgan fingerprint density at radius 1 is 0.846 bits per heavy atom. The standard InChI is InChI=1S/C21H27N3O2/c1-19(2,3)14-12-21(7,13-15(18(14)25)20(4,5)6)24-22-16-10-8-9-11-17(16)23-26/h8-13H,1-7H3. The van der Waals surface area contributed by atoms with Crippen molar-refractivity contribution in [2.75, 3.05) is 0 Å². The molecule has 0 bridgehead atoms. The Morgan fingerprint density at radius 3 is 1.73 bits per heavy atom. The van der Waals surface area contributed by atoms with Gasteiger partial charge in [-0.05, 0) is 47.2 Å². The zero-order valence-electron chi connectivity index (χ0n) is 16.6. The monoisotopic (exact) mass is 353 g/mol. The molecule has 0 heterocycles. The van der Waals surface area contributed by atoms with Crippen molar-refractivity contribution in [2.45, 2.75) is 54.0 Å². The number of nitrogens with zero attached hydrogens (tertiary/aromatic N) is 3. The van der Waals surface area contributed by atoms with Crippen LogP contribution >= 0.6 is 0 Å². The second-order valence-electron chi connectivity index (χ2n) is 8.95. The van der Waals surface area contributed by atoms with Gasteiger partial charge in [0.15, 0.2) is 5.78 Å². The van der Waals surface area contributed by atoms with Crippen molar-refractivity contribution in [3.8, 4) is 0 Å². The number of benzene rings is 1. The topological polar surface area (TPSA) is 71.2 Å². The second-order valence-corrected chi connectivity index (χ2v) is 8.95. The van der Waals surface area contributed by atoms with E-state index >= 15 is 0 Å². The number of nitroso groups, excluding NO2 is 1. The third kappa shape index (κ3) is 4.21. The fourth-order valence-corrected chi connectivity index (χ4v) is 2.86. The summed E-state index contributed by atoms with van der Waals surface area (Å²) in [7, 11) is 0. The molecule has 0 N–H and O–H groups in total. The van der Waals surface area contributed by atoms with Crippen LogP contribution in [0.4, 0.5) is 11.4 Å². The molecule has 0 radical (unpaired) electrons. The molecule has 5 nitrogen and oxygen atoms in total. The molecule has 0 atom stereocenters. The SMILES string of the molecule is CC1(N=Nc2ccccc2N=O)C=C(C(C)(C)C)C(=O)C(C(C)(C)C)=C1. The number of allylic oxidation sites excluding steroid dienone is 2. The average molecular weight is 353 g/mol. The molecule has 1 aromatic rings. The number of azo groups is 1. The predicted octanol–water partition coefficient (Wildman–Crippen LogP) is 6.45. The van der Waals surface area contributed by atoms with Gasteiger partial charge in [0.2, 0.25) is 0 Å². The number of ketones is 1. The molecule has 0 spiro atoms. The minimum Gasteiger partial charge on any atom is -0.289 e. The Morgan fingerprint density at radius 2 is 1.31 bits per heavy atom. The summed E-state index contributed by atoms with van der Waals surface area (Å²) in [6.45, 7) is 14.0. The molecule has 2 rings (SSSR count). The molecule has 0 saturated carbocycles. The van der Waals surface area contributed by atoms with E-state index in [1.54, 1.807) is 24.3 Å². The van der Waals surface area contributed by atoms with E-state index in [0.717, 1.165) is 11.1 Å². The van der Waals surface area contributed by atoms with Crippen LogP contribution in [-0.2, 0) is 4.79 Å². The van der Waals surface area contributed by atoms with E-state index in [2.05, 4.69) is 15.4 Å². The number of carbonyl (C=O) groups is 1. The molecule has 1 aliphatic carbocycles. The quantitative estimate of drug-likeness (QED) is 0.462. The van der Waals surface area contributed by atoms with Gasteiger partial charge in [-0.2, -0.15) is 10.2 Å². The van der Waals surface area contributed by atoms with Gasteiger partial charge in [0.05, 0.1) is 0 Å². The van der Waals surface area contributed by atoms with Crippen molar-refractivity contribution in [1.82, 2.24) is 0 Å². The van der Waals surface area contributed by atoms with Gasteiger partial charge < -0.3 is 0 Å². The van der Waals surface area contributed by atoms with Crippen molar-refractivity contribution >= 4 is 17.2 Å². The number of hydrogen-bond acceptors (Lipinski definition) is 5. The summed E-state index contributed by atoms with van der Waals surface area (Å²) in [5.41, 5.74) is 0.738. The van der Waals surface area contributed by atoms with E-state index in [1.165, 1.54) is 0 Å². The Labute approximate surface area is 155 Å². The highest BCUT2D eigenvalue weighted by atomic mass is 16.3. The summed E-state index contributed by atoms with van der Waals surface area (Å²) in [4.78, 5) is 24.0. The lowest BCUT2D eigenvalue weighted by atomic mass is 9.69. The fourth-order valence-electron chi connectivity index (χ4n) is 2.86. The van der Waals surface area contributed by atoms with Crippen molar-refractivity contribution in [1.29, 1.82) is 0 Å². The van der Waals surface area contributed by atoms with Crippen LogP contribution in [0.2, 0.25) is 0 Å². The minimum absolute atomic E-state index is 0.0626. The lowest BCUT2D eigenvalue weighted by Gasteiger charge is -2.35. The van der Waals surface area contributed by atoms with Gasteiger partial charge in [-0.1, -0.05) is 53.7 Å². The van der Waals surface area contributed by atoms with E-state index < -0.39 is 5.54 Å². The van der Waals surface area contributed by atoms with E-state index in [-0.39, 0.29) is 22.3 Å². The average Bonchev–Trinajstić information content (AvgIpc) is 2.53. The maximum Gasteiger partial charge on any atom is 0.185 e. The summed E-state index contributed by atoms with van der Waals surface area (Å²) in [5, 5.41) is 11.7. The second kappa shape index (κ2) is 6.71.